The fourth-order valence-corrected chi connectivity index (χ4v) is 7.66. The Bertz CT molecular complexity index is 1890. The number of nitrogens with one attached hydrogen (secondary N) is 2. The maximum atomic E-state index is 13.5. The van der Waals surface area contributed by atoms with Crippen molar-refractivity contribution in [2.24, 2.45) is 14.1 Å². The normalized spacial score (nSPS) is 17.4. The molecule has 0 radical (unpaired) electrons. The third-order valence-electron chi connectivity index (χ3n) is 10.3. The molecule has 11 nitrogen and oxygen atoms in total. The van der Waals surface area contributed by atoms with Gasteiger partial charge in [-0.15, -0.1) is 0 Å². The predicted octanol–water partition coefficient (Wildman–Crippen LogP) is 4.94. The molecule has 1 atom stereocenters. The summed E-state index contributed by atoms with van der Waals surface area (Å²) >= 11 is 6.97. The summed E-state index contributed by atoms with van der Waals surface area (Å²) in [5.74, 6) is 0.128. The largest absolute Gasteiger partial charge is 0.392 e. The number of benzene rings is 2. The number of aliphatic hydroxyl groups is 1. The number of aliphatic hydroxyl groups excluding tert-OH is 1. The lowest BCUT2D eigenvalue weighted by Gasteiger charge is -2.39. The highest BCUT2D eigenvalue weighted by Crippen LogP contribution is 2.38. The number of hydrogen-bond donors (Lipinski definition) is 3. The van der Waals surface area contributed by atoms with Crippen molar-refractivity contribution in [3.05, 3.63) is 81.4 Å². The van der Waals surface area contributed by atoms with Crippen LogP contribution in [0, 0.1) is 6.92 Å². The smallest absolute Gasteiger partial charge is 0.291 e. The van der Waals surface area contributed by atoms with Crippen LogP contribution in [-0.4, -0.2) is 77.6 Å². The molecule has 1 unspecified atom stereocenters. The van der Waals surface area contributed by atoms with Gasteiger partial charge in [-0.2, -0.15) is 0 Å². The van der Waals surface area contributed by atoms with Crippen molar-refractivity contribution in [1.82, 2.24) is 28.9 Å². The first kappa shape index (κ1) is 32.5. The molecule has 2 amide bonds. The summed E-state index contributed by atoms with van der Waals surface area (Å²) in [4.78, 5) is 41.2. The van der Waals surface area contributed by atoms with E-state index in [4.69, 9.17) is 21.6 Å². The zero-order chi connectivity index (χ0) is 33.7. The second-order valence-corrected chi connectivity index (χ2v) is 13.8. The van der Waals surface area contributed by atoms with Crippen molar-refractivity contribution >= 4 is 34.8 Å². The molecule has 0 bridgehead atoms. The van der Waals surface area contributed by atoms with Crippen LogP contribution < -0.4 is 10.6 Å². The highest BCUT2D eigenvalue weighted by atomic mass is 35.5. The summed E-state index contributed by atoms with van der Waals surface area (Å²) in [6.07, 6.45) is 5.01. The molecule has 1 aliphatic carbocycles. The number of hydrogen-bond acceptors (Lipinski definition) is 7. The highest BCUT2D eigenvalue weighted by Gasteiger charge is 2.32. The first-order valence-corrected chi connectivity index (χ1v) is 17.2. The van der Waals surface area contributed by atoms with Crippen LogP contribution in [0.5, 0.6) is 0 Å². The molecule has 4 aromatic rings. The number of nitrogens with zero attached hydrogens (tertiary/aromatic N) is 6. The maximum Gasteiger partial charge on any atom is 0.291 e. The predicted molar refractivity (Wildman–Crippen MR) is 186 cm³/mol. The van der Waals surface area contributed by atoms with Crippen molar-refractivity contribution in [1.29, 1.82) is 0 Å². The monoisotopic (exact) mass is 670 g/mol. The van der Waals surface area contributed by atoms with Crippen molar-refractivity contribution in [3.63, 3.8) is 0 Å². The Hall–Kier alpha value is -4.03. The van der Waals surface area contributed by atoms with E-state index in [1.54, 1.807) is 13.0 Å². The van der Waals surface area contributed by atoms with Crippen LogP contribution in [0.15, 0.2) is 36.4 Å². The van der Waals surface area contributed by atoms with Crippen LogP contribution >= 0.6 is 11.6 Å². The number of rotatable bonds is 8. The summed E-state index contributed by atoms with van der Waals surface area (Å²) in [5.41, 5.74) is 7.57. The van der Waals surface area contributed by atoms with Crippen molar-refractivity contribution in [2.45, 2.75) is 71.2 Å². The van der Waals surface area contributed by atoms with E-state index < -0.39 is 6.10 Å². The Morgan fingerprint density at radius 2 is 1.48 bits per heavy atom. The Morgan fingerprint density at radius 3 is 2.10 bits per heavy atom. The van der Waals surface area contributed by atoms with Gasteiger partial charge < -0.3 is 24.9 Å². The van der Waals surface area contributed by atoms with Gasteiger partial charge in [0, 0.05) is 88.3 Å². The standard InChI is InChI=1S/C36H43ClN8O3/c1-21(46)18-44-16-14-30-28(19-44)38-33(42(30)3)35(47)40-26-12-6-10-24(22(26)2)25-11-7-13-27(32(25)37)41-36(48)34-39-29-20-45(23-8-5-9-23)17-15-31(29)43(34)4/h6-7,10-13,21,23,46H,5,8-9,14-20H2,1-4H3,(H,40,47)(H,41,48). The number of anilines is 2. The van der Waals surface area contributed by atoms with E-state index in [1.165, 1.54) is 19.3 Å². The quantitative estimate of drug-likeness (QED) is 0.243. The summed E-state index contributed by atoms with van der Waals surface area (Å²) in [5, 5.41) is 16.3. The van der Waals surface area contributed by atoms with E-state index >= 15 is 0 Å². The summed E-state index contributed by atoms with van der Waals surface area (Å²) in [7, 11) is 3.78. The molecule has 0 saturated heterocycles. The molecular weight excluding hydrogens is 628 g/mol. The van der Waals surface area contributed by atoms with E-state index in [-0.39, 0.29) is 11.8 Å². The number of amides is 2. The van der Waals surface area contributed by atoms with Gasteiger partial charge in [-0.1, -0.05) is 42.3 Å². The molecule has 3 aliphatic rings. The van der Waals surface area contributed by atoms with E-state index in [9.17, 15) is 14.7 Å². The van der Waals surface area contributed by atoms with Crippen molar-refractivity contribution < 1.29 is 14.7 Å². The second kappa shape index (κ2) is 13.1. The Labute approximate surface area is 285 Å². The topological polar surface area (TPSA) is 121 Å². The average Bonchev–Trinajstić information content (AvgIpc) is 3.54. The van der Waals surface area contributed by atoms with E-state index in [0.29, 0.717) is 47.2 Å². The lowest BCUT2D eigenvalue weighted by atomic mass is 9.90. The van der Waals surface area contributed by atoms with Crippen LogP contribution in [0.2, 0.25) is 5.02 Å². The molecule has 252 valence electrons. The van der Waals surface area contributed by atoms with Crippen molar-refractivity contribution in [2.75, 3.05) is 30.3 Å². The zero-order valence-electron chi connectivity index (χ0n) is 28.0. The number of fused-ring (bicyclic) bond motifs is 2. The van der Waals surface area contributed by atoms with Crippen LogP contribution in [0.3, 0.4) is 0 Å². The molecule has 3 N–H and O–H groups in total. The lowest BCUT2D eigenvalue weighted by molar-refractivity contribution is 0.100. The average molecular weight is 671 g/mol. The number of halogens is 1. The van der Waals surface area contributed by atoms with Gasteiger partial charge in [-0.05, 0) is 49.9 Å². The van der Waals surface area contributed by atoms with Gasteiger partial charge in [-0.25, -0.2) is 9.97 Å². The Morgan fingerprint density at radius 1 is 0.896 bits per heavy atom. The molecular formula is C36H43ClN8O3. The Balaban J connectivity index is 1.08. The molecule has 7 rings (SSSR count). The van der Waals surface area contributed by atoms with Crippen LogP contribution in [0.25, 0.3) is 11.1 Å². The SMILES string of the molecule is Cc1c(NC(=O)c2nc3c(n2C)CCN(CC(C)O)C3)cccc1-c1cccc(NC(=O)c2nc3c(n2C)CCN(C2CCC2)C3)c1Cl. The molecule has 2 aliphatic heterocycles. The van der Waals surface area contributed by atoms with Gasteiger partial charge in [0.25, 0.3) is 11.8 Å². The summed E-state index contributed by atoms with van der Waals surface area (Å²) in [6.45, 7) is 7.48. The molecule has 4 heterocycles. The molecule has 48 heavy (non-hydrogen) atoms. The third-order valence-corrected chi connectivity index (χ3v) is 10.7. The fraction of sp³-hybridized carbons (Fsp3) is 0.444. The van der Waals surface area contributed by atoms with Crippen LogP contribution in [0.4, 0.5) is 11.4 Å². The number of carbonyl (C=O) groups excluding carboxylic acids is 2. The molecule has 1 fully saturated rings. The zero-order valence-corrected chi connectivity index (χ0v) is 28.8. The first-order valence-electron chi connectivity index (χ1n) is 16.8. The molecule has 2 aromatic carbocycles. The number of carbonyl (C=O) groups is 2. The Kier molecular flexibility index (Phi) is 8.88. The van der Waals surface area contributed by atoms with E-state index in [0.717, 1.165) is 71.9 Å². The van der Waals surface area contributed by atoms with Crippen LogP contribution in [0.1, 0.15) is 75.8 Å². The van der Waals surface area contributed by atoms with Gasteiger partial charge in [0.2, 0.25) is 0 Å². The van der Waals surface area contributed by atoms with E-state index in [2.05, 4.69) is 20.4 Å². The summed E-state index contributed by atoms with van der Waals surface area (Å²) in [6, 6.07) is 11.9. The van der Waals surface area contributed by atoms with Crippen LogP contribution in [-0.2, 0) is 40.0 Å². The molecule has 2 aromatic heterocycles. The summed E-state index contributed by atoms with van der Waals surface area (Å²) < 4.78 is 3.79. The second-order valence-electron chi connectivity index (χ2n) is 13.5. The molecule has 1 saturated carbocycles. The van der Waals surface area contributed by atoms with Gasteiger partial charge in [0.15, 0.2) is 11.6 Å². The number of aromatic nitrogens is 4. The minimum absolute atomic E-state index is 0.296. The van der Waals surface area contributed by atoms with Gasteiger partial charge in [0.05, 0.1) is 28.2 Å². The third kappa shape index (κ3) is 6.04. The number of imidazole rings is 2. The van der Waals surface area contributed by atoms with Gasteiger partial charge >= 0.3 is 0 Å². The van der Waals surface area contributed by atoms with Gasteiger partial charge in [-0.3, -0.25) is 19.4 Å². The maximum absolute atomic E-state index is 13.5. The molecule has 0 spiro atoms. The number of β-amino-alcohol motifs (C(OH)–C–C–N with tert-alkyl or cyclic N) is 1. The van der Waals surface area contributed by atoms with Crippen molar-refractivity contribution in [3.8, 4) is 11.1 Å². The highest BCUT2D eigenvalue weighted by molar-refractivity contribution is 6.36. The fourth-order valence-electron chi connectivity index (χ4n) is 7.39. The lowest BCUT2D eigenvalue weighted by Crippen LogP contribution is -2.43. The van der Waals surface area contributed by atoms with E-state index in [1.807, 2.05) is 60.5 Å². The van der Waals surface area contributed by atoms with Gasteiger partial charge in [0.1, 0.15) is 0 Å². The minimum atomic E-state index is -0.423. The minimum Gasteiger partial charge on any atom is -0.392 e. The molecule has 12 heteroatoms. The first-order chi connectivity index (χ1) is 23.1.